The number of likely N-dealkylation sites (N-methyl/N-ethyl adjacent to an activating group) is 1. The normalized spacial score (nSPS) is 11.3. The lowest BCUT2D eigenvalue weighted by Crippen LogP contribution is -2.40. The molecule has 2 aromatic rings. The monoisotopic (exact) mass is 302 g/mol. The Kier molecular flexibility index (Phi) is 5.27. The summed E-state index contributed by atoms with van der Waals surface area (Å²) in [7, 11) is 0. The number of hydrogen-bond donors (Lipinski definition) is 2. The van der Waals surface area contributed by atoms with E-state index in [1.807, 2.05) is 43.9 Å². The molecule has 0 aliphatic rings. The summed E-state index contributed by atoms with van der Waals surface area (Å²) >= 11 is 0. The van der Waals surface area contributed by atoms with Crippen molar-refractivity contribution >= 4 is 16.8 Å². The van der Waals surface area contributed by atoms with Gasteiger partial charge in [0.2, 0.25) is 5.91 Å². The van der Waals surface area contributed by atoms with Crippen molar-refractivity contribution < 1.29 is 4.79 Å². The van der Waals surface area contributed by atoms with Crippen LogP contribution in [0.15, 0.2) is 29.1 Å². The number of aromatic amines is 1. The predicted octanol–water partition coefficient (Wildman–Crippen LogP) is 1.27. The predicted molar refractivity (Wildman–Crippen MR) is 86.6 cm³/mol. The molecule has 1 aromatic heterocycles. The molecule has 0 unspecified atom stereocenters. The van der Waals surface area contributed by atoms with Crippen LogP contribution in [-0.4, -0.2) is 39.9 Å². The molecule has 0 radical (unpaired) electrons. The molecular weight excluding hydrogens is 280 g/mol. The number of carbonyl (C=O) groups excluding carboxylic acids is 1. The Morgan fingerprint density at radius 3 is 2.77 bits per heavy atom. The van der Waals surface area contributed by atoms with Gasteiger partial charge < -0.3 is 10.3 Å². The van der Waals surface area contributed by atoms with Crippen LogP contribution in [0, 0.1) is 0 Å². The van der Waals surface area contributed by atoms with Gasteiger partial charge in [0.05, 0.1) is 24.0 Å². The van der Waals surface area contributed by atoms with Crippen LogP contribution in [0.1, 0.15) is 26.6 Å². The van der Waals surface area contributed by atoms with Crippen molar-refractivity contribution in [2.75, 3.05) is 13.1 Å². The zero-order valence-electron chi connectivity index (χ0n) is 13.2. The van der Waals surface area contributed by atoms with Crippen LogP contribution < -0.4 is 10.9 Å². The number of amides is 1. The van der Waals surface area contributed by atoms with Gasteiger partial charge in [-0.1, -0.05) is 19.1 Å². The smallest absolute Gasteiger partial charge is 0.258 e. The second-order valence-corrected chi connectivity index (χ2v) is 5.56. The van der Waals surface area contributed by atoms with E-state index in [1.165, 1.54) is 0 Å². The van der Waals surface area contributed by atoms with Gasteiger partial charge >= 0.3 is 0 Å². The van der Waals surface area contributed by atoms with E-state index in [9.17, 15) is 9.59 Å². The molecule has 0 atom stereocenters. The lowest BCUT2D eigenvalue weighted by atomic mass is 10.2. The number of nitrogens with zero attached hydrogens (tertiary/aromatic N) is 2. The quantitative estimate of drug-likeness (QED) is 0.842. The minimum absolute atomic E-state index is 0.0278. The third kappa shape index (κ3) is 4.14. The van der Waals surface area contributed by atoms with Crippen LogP contribution >= 0.6 is 0 Å². The highest BCUT2D eigenvalue weighted by atomic mass is 16.2. The van der Waals surface area contributed by atoms with Crippen molar-refractivity contribution in [3.05, 3.63) is 40.4 Å². The highest BCUT2D eigenvalue weighted by Gasteiger charge is 2.12. The standard InChI is InChI=1S/C16H22N4O2/c1-4-20(10-15(21)17-11(2)3)9-14-18-13-8-6-5-7-12(13)16(22)19-14/h5-8,11H,4,9-10H2,1-3H3,(H,17,21)(H,18,19,22). The topological polar surface area (TPSA) is 78.1 Å². The lowest BCUT2D eigenvalue weighted by Gasteiger charge is -2.20. The SMILES string of the molecule is CCN(CC(=O)NC(C)C)Cc1nc2ccccc2c(=O)[nH]1. The number of nitrogens with one attached hydrogen (secondary N) is 2. The summed E-state index contributed by atoms with van der Waals surface area (Å²) < 4.78 is 0. The van der Waals surface area contributed by atoms with E-state index in [0.29, 0.717) is 29.8 Å². The average molecular weight is 302 g/mol. The number of carbonyl (C=O) groups is 1. The van der Waals surface area contributed by atoms with Crippen LogP contribution in [0.5, 0.6) is 0 Å². The molecule has 0 bridgehead atoms. The minimum Gasteiger partial charge on any atom is -0.353 e. The van der Waals surface area contributed by atoms with E-state index in [4.69, 9.17) is 0 Å². The van der Waals surface area contributed by atoms with Crippen molar-refractivity contribution in [2.24, 2.45) is 0 Å². The highest BCUT2D eigenvalue weighted by Crippen LogP contribution is 2.07. The van der Waals surface area contributed by atoms with Crippen molar-refractivity contribution in [1.82, 2.24) is 20.2 Å². The Bertz CT molecular complexity index is 709. The van der Waals surface area contributed by atoms with Gasteiger partial charge in [-0.25, -0.2) is 4.98 Å². The van der Waals surface area contributed by atoms with Crippen molar-refractivity contribution in [1.29, 1.82) is 0 Å². The lowest BCUT2D eigenvalue weighted by molar-refractivity contribution is -0.122. The van der Waals surface area contributed by atoms with Crippen LogP contribution in [0.4, 0.5) is 0 Å². The van der Waals surface area contributed by atoms with Gasteiger partial charge in [-0.2, -0.15) is 0 Å². The molecule has 0 spiro atoms. The summed E-state index contributed by atoms with van der Waals surface area (Å²) in [5.41, 5.74) is 0.521. The van der Waals surface area contributed by atoms with Gasteiger partial charge in [0, 0.05) is 6.04 Å². The molecule has 6 nitrogen and oxygen atoms in total. The van der Waals surface area contributed by atoms with Crippen LogP contribution in [-0.2, 0) is 11.3 Å². The number of hydrogen-bond acceptors (Lipinski definition) is 4. The van der Waals surface area contributed by atoms with Crippen molar-refractivity contribution in [3.63, 3.8) is 0 Å². The van der Waals surface area contributed by atoms with E-state index in [-0.39, 0.29) is 24.1 Å². The molecule has 0 fully saturated rings. The van der Waals surface area contributed by atoms with Gasteiger partial charge in [0.15, 0.2) is 0 Å². The van der Waals surface area contributed by atoms with Gasteiger partial charge in [-0.3, -0.25) is 14.5 Å². The number of H-pyrrole nitrogens is 1. The van der Waals surface area contributed by atoms with Gasteiger partial charge in [-0.05, 0) is 32.5 Å². The van der Waals surface area contributed by atoms with Crippen LogP contribution in [0.2, 0.25) is 0 Å². The molecule has 0 aliphatic carbocycles. The second-order valence-electron chi connectivity index (χ2n) is 5.56. The molecule has 1 heterocycles. The number of para-hydroxylation sites is 1. The fraction of sp³-hybridized carbons (Fsp3) is 0.438. The first kappa shape index (κ1) is 16.2. The van der Waals surface area contributed by atoms with E-state index in [2.05, 4.69) is 15.3 Å². The maximum atomic E-state index is 12.0. The summed E-state index contributed by atoms with van der Waals surface area (Å²) in [5, 5.41) is 3.44. The summed E-state index contributed by atoms with van der Waals surface area (Å²) in [6, 6.07) is 7.35. The van der Waals surface area contributed by atoms with Crippen molar-refractivity contribution in [3.8, 4) is 0 Å². The molecule has 22 heavy (non-hydrogen) atoms. The maximum absolute atomic E-state index is 12.0. The molecule has 2 rings (SSSR count). The largest absolute Gasteiger partial charge is 0.353 e. The molecule has 0 aliphatic heterocycles. The molecular formula is C16H22N4O2. The first-order valence-electron chi connectivity index (χ1n) is 7.49. The highest BCUT2D eigenvalue weighted by molar-refractivity contribution is 5.78. The molecule has 6 heteroatoms. The third-order valence-corrected chi connectivity index (χ3v) is 3.30. The minimum atomic E-state index is -0.150. The molecule has 1 aromatic carbocycles. The summed E-state index contributed by atoms with van der Waals surface area (Å²) in [4.78, 5) is 33.1. The van der Waals surface area contributed by atoms with Crippen LogP contribution in [0.3, 0.4) is 0 Å². The Balaban J connectivity index is 2.14. The Morgan fingerprint density at radius 1 is 1.36 bits per heavy atom. The molecule has 0 saturated heterocycles. The molecule has 1 amide bonds. The molecule has 2 N–H and O–H groups in total. The van der Waals surface area contributed by atoms with Crippen LogP contribution in [0.25, 0.3) is 10.9 Å². The van der Waals surface area contributed by atoms with E-state index >= 15 is 0 Å². The zero-order valence-corrected chi connectivity index (χ0v) is 13.2. The first-order chi connectivity index (χ1) is 10.5. The number of fused-ring (bicyclic) bond motifs is 1. The first-order valence-corrected chi connectivity index (χ1v) is 7.49. The average Bonchev–Trinajstić information content (AvgIpc) is 2.45. The summed E-state index contributed by atoms with van der Waals surface area (Å²) in [5.74, 6) is 0.544. The summed E-state index contributed by atoms with van der Waals surface area (Å²) in [6.45, 7) is 7.24. The van der Waals surface area contributed by atoms with Crippen molar-refractivity contribution in [2.45, 2.75) is 33.4 Å². The fourth-order valence-electron chi connectivity index (χ4n) is 2.27. The Labute approximate surface area is 129 Å². The van der Waals surface area contributed by atoms with Gasteiger partial charge in [-0.15, -0.1) is 0 Å². The molecule has 0 saturated carbocycles. The maximum Gasteiger partial charge on any atom is 0.258 e. The number of benzene rings is 1. The van der Waals surface area contributed by atoms with Gasteiger partial charge in [0.1, 0.15) is 5.82 Å². The fourth-order valence-corrected chi connectivity index (χ4v) is 2.27. The summed E-state index contributed by atoms with van der Waals surface area (Å²) in [6.07, 6.45) is 0. The number of aromatic nitrogens is 2. The van der Waals surface area contributed by atoms with E-state index < -0.39 is 0 Å². The number of rotatable bonds is 6. The zero-order chi connectivity index (χ0) is 16.1. The Hall–Kier alpha value is -2.21. The van der Waals surface area contributed by atoms with E-state index in [0.717, 1.165) is 0 Å². The molecule has 118 valence electrons. The second kappa shape index (κ2) is 7.17. The van der Waals surface area contributed by atoms with E-state index in [1.54, 1.807) is 6.07 Å². The third-order valence-electron chi connectivity index (χ3n) is 3.30. The Morgan fingerprint density at radius 2 is 2.09 bits per heavy atom. The van der Waals surface area contributed by atoms with Gasteiger partial charge in [0.25, 0.3) is 5.56 Å².